The van der Waals surface area contributed by atoms with Crippen LogP contribution in [0, 0.1) is 13.8 Å². The minimum Gasteiger partial charge on any atom is -0.494 e. The first-order valence-electron chi connectivity index (χ1n) is 8.42. The van der Waals surface area contributed by atoms with E-state index in [4.69, 9.17) is 9.47 Å². The Morgan fingerprint density at radius 3 is 2.88 bits per heavy atom. The van der Waals surface area contributed by atoms with Crippen molar-refractivity contribution in [3.8, 4) is 5.75 Å². The van der Waals surface area contributed by atoms with Crippen LogP contribution in [0.15, 0.2) is 23.4 Å². The highest BCUT2D eigenvalue weighted by Gasteiger charge is 2.18. The number of benzene rings is 1. The van der Waals surface area contributed by atoms with Gasteiger partial charge in [0.25, 0.3) is 0 Å². The topological polar surface area (TPSA) is 62.1 Å². The number of hydrogen-bond donors (Lipinski definition) is 0. The zero-order chi connectivity index (χ0) is 16.8. The van der Waals surface area contributed by atoms with E-state index in [2.05, 4.69) is 47.6 Å². The number of ether oxygens (including phenoxy) is 2. The van der Waals surface area contributed by atoms with Gasteiger partial charge in [0, 0.05) is 12.4 Å². The quantitative estimate of drug-likeness (QED) is 0.540. The van der Waals surface area contributed by atoms with Gasteiger partial charge in [-0.25, -0.2) is 4.68 Å². The maximum Gasteiger partial charge on any atom is 0.209 e. The largest absolute Gasteiger partial charge is 0.494 e. The van der Waals surface area contributed by atoms with E-state index >= 15 is 0 Å². The Morgan fingerprint density at radius 2 is 2.12 bits per heavy atom. The number of nitrogens with zero attached hydrogens (tertiary/aromatic N) is 4. The van der Waals surface area contributed by atoms with Gasteiger partial charge in [-0.2, -0.15) is 0 Å². The second-order valence-electron chi connectivity index (χ2n) is 6.15. The third-order valence-electron chi connectivity index (χ3n) is 3.88. The summed E-state index contributed by atoms with van der Waals surface area (Å²) in [7, 11) is 0. The smallest absolute Gasteiger partial charge is 0.209 e. The molecule has 1 aliphatic rings. The Morgan fingerprint density at radius 1 is 1.29 bits per heavy atom. The Labute approximate surface area is 146 Å². The van der Waals surface area contributed by atoms with Crippen molar-refractivity contribution in [3.63, 3.8) is 0 Å². The fourth-order valence-corrected chi connectivity index (χ4v) is 3.62. The summed E-state index contributed by atoms with van der Waals surface area (Å²) in [6.07, 6.45) is 3.42. The molecule has 1 aliphatic heterocycles. The maximum absolute atomic E-state index is 5.83. The van der Waals surface area contributed by atoms with Crippen LogP contribution in [0.3, 0.4) is 0 Å². The van der Waals surface area contributed by atoms with Crippen molar-refractivity contribution in [2.45, 2.75) is 50.9 Å². The highest BCUT2D eigenvalue weighted by atomic mass is 32.2. The number of rotatable bonds is 8. The van der Waals surface area contributed by atoms with E-state index in [1.807, 2.05) is 4.68 Å². The minimum atomic E-state index is 0.251. The van der Waals surface area contributed by atoms with E-state index in [-0.39, 0.29) is 6.10 Å². The molecule has 6 nitrogen and oxygen atoms in total. The van der Waals surface area contributed by atoms with Crippen LogP contribution >= 0.6 is 11.8 Å². The second-order valence-corrected chi connectivity index (χ2v) is 7.21. The normalized spacial score (nSPS) is 17.3. The van der Waals surface area contributed by atoms with Crippen molar-refractivity contribution in [1.82, 2.24) is 20.2 Å². The molecule has 0 aliphatic carbocycles. The predicted molar refractivity (Wildman–Crippen MR) is 93.5 cm³/mol. The van der Waals surface area contributed by atoms with Crippen molar-refractivity contribution in [3.05, 3.63) is 29.3 Å². The zero-order valence-electron chi connectivity index (χ0n) is 14.3. The molecule has 2 heterocycles. The molecule has 0 N–H and O–H groups in total. The Kier molecular flexibility index (Phi) is 6.09. The number of thioether (sulfide) groups is 1. The summed E-state index contributed by atoms with van der Waals surface area (Å²) in [6, 6.07) is 6.29. The molecule has 1 atom stereocenters. The monoisotopic (exact) mass is 348 g/mol. The average molecular weight is 348 g/mol. The van der Waals surface area contributed by atoms with Gasteiger partial charge in [-0.1, -0.05) is 17.8 Å². The SMILES string of the molecule is Cc1cc(C)cc(OCCCSc2nnnn2CC2CCCO2)c1. The molecule has 0 radical (unpaired) electrons. The molecule has 0 spiro atoms. The number of hydrogen-bond acceptors (Lipinski definition) is 6. The zero-order valence-corrected chi connectivity index (χ0v) is 15.1. The van der Waals surface area contributed by atoms with Gasteiger partial charge >= 0.3 is 0 Å². The molecule has 2 aromatic rings. The van der Waals surface area contributed by atoms with Crippen LogP contribution in [-0.2, 0) is 11.3 Å². The predicted octanol–water partition coefficient (Wildman–Crippen LogP) is 3.03. The standard InChI is InChI=1S/C17H24N4O2S/c1-13-9-14(2)11-16(10-13)23-7-4-8-24-17-18-19-20-21(17)12-15-5-3-6-22-15/h9-11,15H,3-8,12H2,1-2H3. The number of aryl methyl sites for hydroxylation is 2. The van der Waals surface area contributed by atoms with E-state index in [1.54, 1.807) is 11.8 Å². The van der Waals surface area contributed by atoms with Gasteiger partial charge < -0.3 is 9.47 Å². The summed E-state index contributed by atoms with van der Waals surface area (Å²) in [4.78, 5) is 0. The molecular formula is C17H24N4O2S. The third kappa shape index (κ3) is 4.95. The van der Waals surface area contributed by atoms with E-state index in [0.29, 0.717) is 6.61 Å². The third-order valence-corrected chi connectivity index (χ3v) is 4.93. The fraction of sp³-hybridized carbons (Fsp3) is 0.588. The Balaban J connectivity index is 1.39. The summed E-state index contributed by atoms with van der Waals surface area (Å²) >= 11 is 1.67. The molecule has 1 fully saturated rings. The molecular weight excluding hydrogens is 324 g/mol. The van der Waals surface area contributed by atoms with Crippen LogP contribution in [0.2, 0.25) is 0 Å². The summed E-state index contributed by atoms with van der Waals surface area (Å²) in [5, 5.41) is 12.8. The highest BCUT2D eigenvalue weighted by Crippen LogP contribution is 2.20. The Hall–Kier alpha value is -1.60. The molecule has 7 heteroatoms. The summed E-state index contributed by atoms with van der Waals surface area (Å²) in [6.45, 7) is 6.47. The molecule has 24 heavy (non-hydrogen) atoms. The van der Waals surface area contributed by atoms with Crippen molar-refractivity contribution >= 4 is 11.8 Å². The molecule has 0 bridgehead atoms. The lowest BCUT2D eigenvalue weighted by Gasteiger charge is -2.10. The molecule has 1 aromatic carbocycles. The van der Waals surface area contributed by atoms with Gasteiger partial charge in [-0.15, -0.1) is 5.10 Å². The van der Waals surface area contributed by atoms with Gasteiger partial charge in [0.15, 0.2) is 0 Å². The maximum atomic E-state index is 5.83. The number of aromatic nitrogens is 4. The van der Waals surface area contributed by atoms with Crippen LogP contribution in [0.1, 0.15) is 30.4 Å². The van der Waals surface area contributed by atoms with Crippen molar-refractivity contribution < 1.29 is 9.47 Å². The van der Waals surface area contributed by atoms with E-state index in [9.17, 15) is 0 Å². The van der Waals surface area contributed by atoms with Crippen LogP contribution < -0.4 is 4.74 Å². The van der Waals surface area contributed by atoms with E-state index < -0.39 is 0 Å². The van der Waals surface area contributed by atoms with Gasteiger partial charge in [0.1, 0.15) is 5.75 Å². The van der Waals surface area contributed by atoms with Crippen molar-refractivity contribution in [1.29, 1.82) is 0 Å². The van der Waals surface area contributed by atoms with Crippen LogP contribution in [0.5, 0.6) is 5.75 Å². The first kappa shape index (κ1) is 17.2. The first-order chi connectivity index (χ1) is 11.7. The molecule has 0 saturated carbocycles. The number of tetrazole rings is 1. The molecule has 1 aromatic heterocycles. The van der Waals surface area contributed by atoms with Gasteiger partial charge in [-0.3, -0.25) is 0 Å². The first-order valence-corrected chi connectivity index (χ1v) is 9.41. The van der Waals surface area contributed by atoms with Crippen LogP contribution in [0.4, 0.5) is 0 Å². The van der Waals surface area contributed by atoms with E-state index in [1.165, 1.54) is 11.1 Å². The Bertz CT molecular complexity index is 636. The fourth-order valence-electron chi connectivity index (χ4n) is 2.82. The average Bonchev–Trinajstić information content (AvgIpc) is 3.19. The molecule has 0 amide bonds. The van der Waals surface area contributed by atoms with E-state index in [0.717, 1.165) is 49.1 Å². The minimum absolute atomic E-state index is 0.251. The van der Waals surface area contributed by atoms with Crippen molar-refractivity contribution in [2.75, 3.05) is 19.0 Å². The van der Waals surface area contributed by atoms with Gasteiger partial charge in [-0.05, 0) is 66.8 Å². The molecule has 1 saturated heterocycles. The van der Waals surface area contributed by atoms with Crippen molar-refractivity contribution in [2.24, 2.45) is 0 Å². The molecule has 3 rings (SSSR count). The summed E-state index contributed by atoms with van der Waals surface area (Å²) < 4.78 is 13.3. The second kappa shape index (κ2) is 8.48. The summed E-state index contributed by atoms with van der Waals surface area (Å²) in [5.74, 6) is 1.87. The highest BCUT2D eigenvalue weighted by molar-refractivity contribution is 7.99. The lowest BCUT2D eigenvalue weighted by molar-refractivity contribution is 0.0912. The van der Waals surface area contributed by atoms with Gasteiger partial charge in [0.05, 0.1) is 19.3 Å². The lowest BCUT2D eigenvalue weighted by Crippen LogP contribution is -2.17. The molecule has 130 valence electrons. The molecule has 1 unspecified atom stereocenters. The lowest BCUT2D eigenvalue weighted by atomic mass is 10.1. The van der Waals surface area contributed by atoms with Gasteiger partial charge in [0.2, 0.25) is 5.16 Å². The van der Waals surface area contributed by atoms with Crippen LogP contribution in [0.25, 0.3) is 0 Å². The summed E-state index contributed by atoms with van der Waals surface area (Å²) in [5.41, 5.74) is 2.46. The van der Waals surface area contributed by atoms with Crippen LogP contribution in [-0.4, -0.2) is 45.3 Å².